The summed E-state index contributed by atoms with van der Waals surface area (Å²) in [6, 6.07) is 9.02. The summed E-state index contributed by atoms with van der Waals surface area (Å²) < 4.78 is 6.58. The molecular weight excluding hydrogens is 292 g/mol. The van der Waals surface area contributed by atoms with E-state index in [0.717, 1.165) is 50.2 Å². The average molecular weight is 313 g/mol. The maximum atomic E-state index is 5.43. The predicted molar refractivity (Wildman–Crippen MR) is 77.9 cm³/mol. The molecule has 0 aromatic heterocycles. The quantitative estimate of drug-likeness (QED) is 0.788. The van der Waals surface area contributed by atoms with Gasteiger partial charge in [-0.15, -0.1) is 0 Å². The monoisotopic (exact) mass is 312 g/mol. The second-order valence-electron chi connectivity index (χ2n) is 4.64. The fourth-order valence-corrected chi connectivity index (χ4v) is 2.58. The van der Waals surface area contributed by atoms with Gasteiger partial charge in [0.05, 0.1) is 13.2 Å². The highest BCUT2D eigenvalue weighted by molar-refractivity contribution is 9.10. The molecule has 0 radical (unpaired) electrons. The van der Waals surface area contributed by atoms with Gasteiger partial charge in [0.25, 0.3) is 0 Å². The van der Waals surface area contributed by atoms with Crippen LogP contribution in [0.4, 0.5) is 0 Å². The Morgan fingerprint density at radius 1 is 1.39 bits per heavy atom. The van der Waals surface area contributed by atoms with Crippen LogP contribution in [0.25, 0.3) is 0 Å². The number of nitrogens with one attached hydrogen (secondary N) is 2. The molecule has 1 unspecified atom stereocenters. The number of morpholine rings is 1. The van der Waals surface area contributed by atoms with Gasteiger partial charge < -0.3 is 15.4 Å². The molecule has 0 spiro atoms. The first kappa shape index (κ1) is 14.0. The Hall–Kier alpha value is -0.420. The van der Waals surface area contributed by atoms with Crippen LogP contribution < -0.4 is 10.6 Å². The van der Waals surface area contributed by atoms with Crippen LogP contribution in [0.2, 0.25) is 0 Å². The third-order valence-electron chi connectivity index (χ3n) is 3.15. The summed E-state index contributed by atoms with van der Waals surface area (Å²) in [5, 5.41) is 6.95. The van der Waals surface area contributed by atoms with Crippen molar-refractivity contribution in [1.82, 2.24) is 10.6 Å². The van der Waals surface area contributed by atoms with Gasteiger partial charge in [-0.05, 0) is 43.6 Å². The molecule has 1 aromatic carbocycles. The van der Waals surface area contributed by atoms with Gasteiger partial charge in [-0.2, -0.15) is 0 Å². The van der Waals surface area contributed by atoms with Crippen LogP contribution in [0.1, 0.15) is 12.0 Å². The zero-order chi connectivity index (χ0) is 12.6. The molecule has 3 nitrogen and oxygen atoms in total. The van der Waals surface area contributed by atoms with Gasteiger partial charge in [-0.1, -0.05) is 28.1 Å². The normalized spacial score (nSPS) is 19.9. The molecular formula is C14H21BrN2O. The first-order valence-corrected chi connectivity index (χ1v) is 7.40. The van der Waals surface area contributed by atoms with Crippen molar-refractivity contribution in [3.63, 3.8) is 0 Å². The van der Waals surface area contributed by atoms with Crippen molar-refractivity contribution in [2.24, 2.45) is 0 Å². The largest absolute Gasteiger partial charge is 0.379 e. The van der Waals surface area contributed by atoms with Crippen molar-refractivity contribution in [3.8, 4) is 0 Å². The SMILES string of the molecule is Brc1cccc(CCNCCC2COCCN2)c1. The second kappa shape index (κ2) is 7.89. The molecule has 4 heteroatoms. The molecule has 1 aliphatic heterocycles. The molecule has 2 N–H and O–H groups in total. The van der Waals surface area contributed by atoms with E-state index in [1.165, 1.54) is 5.56 Å². The molecule has 2 rings (SSSR count). The number of hydrogen-bond acceptors (Lipinski definition) is 3. The smallest absolute Gasteiger partial charge is 0.0620 e. The molecule has 0 amide bonds. The van der Waals surface area contributed by atoms with E-state index in [2.05, 4.69) is 50.8 Å². The third kappa shape index (κ3) is 5.06. The van der Waals surface area contributed by atoms with E-state index >= 15 is 0 Å². The molecule has 1 aliphatic rings. The number of benzene rings is 1. The second-order valence-corrected chi connectivity index (χ2v) is 5.56. The van der Waals surface area contributed by atoms with Crippen molar-refractivity contribution < 1.29 is 4.74 Å². The highest BCUT2D eigenvalue weighted by Gasteiger charge is 2.11. The summed E-state index contributed by atoms with van der Waals surface area (Å²) >= 11 is 3.49. The number of halogens is 1. The Balaban J connectivity index is 1.55. The van der Waals surface area contributed by atoms with Crippen molar-refractivity contribution >= 4 is 15.9 Å². The fraction of sp³-hybridized carbons (Fsp3) is 0.571. The van der Waals surface area contributed by atoms with E-state index in [4.69, 9.17) is 4.74 Å². The van der Waals surface area contributed by atoms with Gasteiger partial charge in [0.1, 0.15) is 0 Å². The average Bonchev–Trinajstić information content (AvgIpc) is 2.40. The summed E-state index contributed by atoms with van der Waals surface area (Å²) in [5.41, 5.74) is 1.37. The molecule has 1 fully saturated rings. The Kier molecular flexibility index (Phi) is 6.14. The summed E-state index contributed by atoms with van der Waals surface area (Å²) in [4.78, 5) is 0. The van der Waals surface area contributed by atoms with Gasteiger partial charge in [-0.3, -0.25) is 0 Å². The molecule has 1 heterocycles. The van der Waals surface area contributed by atoms with Crippen LogP contribution in [-0.2, 0) is 11.2 Å². The van der Waals surface area contributed by atoms with E-state index in [1.807, 2.05) is 0 Å². The molecule has 0 bridgehead atoms. The minimum absolute atomic E-state index is 0.525. The fourth-order valence-electron chi connectivity index (χ4n) is 2.13. The lowest BCUT2D eigenvalue weighted by Gasteiger charge is -2.23. The Morgan fingerprint density at radius 2 is 2.33 bits per heavy atom. The standard InChI is InChI=1S/C14H21BrN2O/c15-13-3-1-2-12(10-13)4-6-16-7-5-14-11-18-9-8-17-14/h1-3,10,14,16-17H,4-9,11H2. The Morgan fingerprint density at radius 3 is 3.11 bits per heavy atom. The summed E-state index contributed by atoms with van der Waals surface area (Å²) in [5.74, 6) is 0. The van der Waals surface area contributed by atoms with E-state index in [1.54, 1.807) is 0 Å². The molecule has 0 saturated carbocycles. The van der Waals surface area contributed by atoms with Crippen LogP contribution in [0.3, 0.4) is 0 Å². The Bertz CT molecular complexity index is 353. The molecule has 1 aromatic rings. The van der Waals surface area contributed by atoms with Crippen LogP contribution in [0.15, 0.2) is 28.7 Å². The topological polar surface area (TPSA) is 33.3 Å². The maximum Gasteiger partial charge on any atom is 0.0620 e. The van der Waals surface area contributed by atoms with E-state index in [9.17, 15) is 0 Å². The van der Waals surface area contributed by atoms with Gasteiger partial charge in [-0.25, -0.2) is 0 Å². The molecule has 18 heavy (non-hydrogen) atoms. The summed E-state index contributed by atoms with van der Waals surface area (Å²) in [6.45, 7) is 4.78. The first-order chi connectivity index (χ1) is 8.84. The van der Waals surface area contributed by atoms with Gasteiger partial charge in [0.15, 0.2) is 0 Å². The van der Waals surface area contributed by atoms with Crippen molar-refractivity contribution in [2.45, 2.75) is 18.9 Å². The van der Waals surface area contributed by atoms with E-state index in [0.29, 0.717) is 6.04 Å². The maximum absolute atomic E-state index is 5.43. The van der Waals surface area contributed by atoms with E-state index in [-0.39, 0.29) is 0 Å². The zero-order valence-corrected chi connectivity index (χ0v) is 12.2. The van der Waals surface area contributed by atoms with E-state index < -0.39 is 0 Å². The number of hydrogen-bond donors (Lipinski definition) is 2. The number of ether oxygens (including phenoxy) is 1. The molecule has 1 atom stereocenters. The molecule has 0 aliphatic carbocycles. The minimum Gasteiger partial charge on any atom is -0.379 e. The summed E-state index contributed by atoms with van der Waals surface area (Å²) in [6.07, 6.45) is 2.21. The minimum atomic E-state index is 0.525. The summed E-state index contributed by atoms with van der Waals surface area (Å²) in [7, 11) is 0. The van der Waals surface area contributed by atoms with Gasteiger partial charge in [0, 0.05) is 17.1 Å². The van der Waals surface area contributed by atoms with Crippen molar-refractivity contribution in [2.75, 3.05) is 32.8 Å². The highest BCUT2D eigenvalue weighted by Crippen LogP contribution is 2.11. The molecule has 1 saturated heterocycles. The predicted octanol–water partition coefficient (Wildman–Crippen LogP) is 1.96. The van der Waals surface area contributed by atoms with Crippen molar-refractivity contribution in [1.29, 1.82) is 0 Å². The lowest BCUT2D eigenvalue weighted by atomic mass is 10.1. The van der Waals surface area contributed by atoms with Crippen LogP contribution >= 0.6 is 15.9 Å². The molecule has 100 valence electrons. The highest BCUT2D eigenvalue weighted by atomic mass is 79.9. The van der Waals surface area contributed by atoms with Crippen LogP contribution in [0, 0.1) is 0 Å². The van der Waals surface area contributed by atoms with Gasteiger partial charge in [0.2, 0.25) is 0 Å². The number of rotatable bonds is 6. The zero-order valence-electron chi connectivity index (χ0n) is 10.6. The van der Waals surface area contributed by atoms with Crippen molar-refractivity contribution in [3.05, 3.63) is 34.3 Å². The lowest BCUT2D eigenvalue weighted by molar-refractivity contribution is 0.0743. The van der Waals surface area contributed by atoms with Crippen LogP contribution in [-0.4, -0.2) is 38.9 Å². The first-order valence-electron chi connectivity index (χ1n) is 6.61. The van der Waals surface area contributed by atoms with Gasteiger partial charge >= 0.3 is 0 Å². The Labute approximate surface area is 117 Å². The third-order valence-corrected chi connectivity index (χ3v) is 3.64. The van der Waals surface area contributed by atoms with Crippen LogP contribution in [0.5, 0.6) is 0 Å². The lowest BCUT2D eigenvalue weighted by Crippen LogP contribution is -2.42.